The Hall–Kier alpha value is -1.07. The zero-order chi connectivity index (χ0) is 10.1. The molecule has 0 aliphatic heterocycles. The summed E-state index contributed by atoms with van der Waals surface area (Å²) in [5.74, 6) is 0. The molecule has 0 N–H and O–H groups in total. The van der Waals surface area contributed by atoms with Crippen LogP contribution in [0.15, 0.2) is 36.7 Å². The summed E-state index contributed by atoms with van der Waals surface area (Å²) in [6.07, 6.45) is 4.16. The summed E-state index contributed by atoms with van der Waals surface area (Å²) >= 11 is 0. The van der Waals surface area contributed by atoms with Gasteiger partial charge in [0.1, 0.15) is 0 Å². The van der Waals surface area contributed by atoms with Crippen LogP contribution in [0.3, 0.4) is 0 Å². The SMILES string of the molecule is Cc1cc(P)cc(C)c1-n1cccc1. The summed E-state index contributed by atoms with van der Waals surface area (Å²) in [5.41, 5.74) is 3.92. The van der Waals surface area contributed by atoms with Gasteiger partial charge in [0, 0.05) is 12.4 Å². The van der Waals surface area contributed by atoms with E-state index in [4.69, 9.17) is 0 Å². The van der Waals surface area contributed by atoms with Crippen molar-refractivity contribution in [3.63, 3.8) is 0 Å². The lowest BCUT2D eigenvalue weighted by Crippen LogP contribution is -2.02. The first kappa shape index (κ1) is 9.48. The van der Waals surface area contributed by atoms with Crippen molar-refractivity contribution in [1.29, 1.82) is 0 Å². The molecule has 1 aromatic heterocycles. The van der Waals surface area contributed by atoms with Crippen LogP contribution in [0.4, 0.5) is 0 Å². The summed E-state index contributed by atoms with van der Waals surface area (Å²) in [6, 6.07) is 8.47. The van der Waals surface area contributed by atoms with Gasteiger partial charge in [-0.25, -0.2) is 0 Å². The molecule has 14 heavy (non-hydrogen) atoms. The van der Waals surface area contributed by atoms with Gasteiger partial charge in [-0.05, 0) is 42.4 Å². The smallest absolute Gasteiger partial charge is 0.0508 e. The number of benzene rings is 1. The molecule has 0 saturated heterocycles. The van der Waals surface area contributed by atoms with Crippen LogP contribution < -0.4 is 5.30 Å². The molecule has 1 nitrogen and oxygen atoms in total. The number of aromatic nitrogens is 1. The number of hydrogen-bond acceptors (Lipinski definition) is 0. The molecule has 1 unspecified atom stereocenters. The van der Waals surface area contributed by atoms with E-state index >= 15 is 0 Å². The van der Waals surface area contributed by atoms with Crippen LogP contribution in [0.5, 0.6) is 0 Å². The monoisotopic (exact) mass is 203 g/mol. The van der Waals surface area contributed by atoms with E-state index in [9.17, 15) is 0 Å². The Balaban J connectivity index is 2.64. The van der Waals surface area contributed by atoms with E-state index in [2.05, 4.69) is 52.2 Å². The molecule has 2 heteroatoms. The van der Waals surface area contributed by atoms with Gasteiger partial charge in [0.25, 0.3) is 0 Å². The fourth-order valence-electron chi connectivity index (χ4n) is 1.88. The van der Waals surface area contributed by atoms with Gasteiger partial charge < -0.3 is 4.57 Å². The van der Waals surface area contributed by atoms with Gasteiger partial charge in [0.2, 0.25) is 0 Å². The van der Waals surface area contributed by atoms with Gasteiger partial charge in [-0.2, -0.15) is 0 Å². The van der Waals surface area contributed by atoms with E-state index in [1.165, 1.54) is 22.1 Å². The Morgan fingerprint density at radius 1 is 1.00 bits per heavy atom. The van der Waals surface area contributed by atoms with E-state index < -0.39 is 0 Å². The van der Waals surface area contributed by atoms with E-state index in [-0.39, 0.29) is 0 Å². The minimum absolute atomic E-state index is 1.25. The van der Waals surface area contributed by atoms with Crippen molar-refractivity contribution in [3.05, 3.63) is 47.8 Å². The zero-order valence-electron chi connectivity index (χ0n) is 8.49. The van der Waals surface area contributed by atoms with Crippen LogP contribution in [-0.4, -0.2) is 4.57 Å². The topological polar surface area (TPSA) is 4.93 Å². The molecule has 0 spiro atoms. The van der Waals surface area contributed by atoms with E-state index in [0.717, 1.165) is 0 Å². The van der Waals surface area contributed by atoms with Crippen LogP contribution in [0.1, 0.15) is 11.1 Å². The average Bonchev–Trinajstić information content (AvgIpc) is 2.54. The second kappa shape index (κ2) is 3.59. The van der Waals surface area contributed by atoms with Crippen LogP contribution in [-0.2, 0) is 0 Å². The molecule has 0 saturated carbocycles. The van der Waals surface area contributed by atoms with Crippen LogP contribution in [0.2, 0.25) is 0 Å². The minimum atomic E-state index is 1.25. The van der Waals surface area contributed by atoms with Crippen LogP contribution >= 0.6 is 9.24 Å². The highest BCUT2D eigenvalue weighted by Gasteiger charge is 2.04. The predicted molar refractivity (Wildman–Crippen MR) is 64.6 cm³/mol. The maximum absolute atomic E-state index is 2.74. The molecule has 1 aromatic carbocycles. The predicted octanol–water partition coefficient (Wildman–Crippen LogP) is 2.59. The standard InChI is InChI=1S/C12H14NP/c1-9-7-11(14)8-10(2)12(9)13-5-3-4-6-13/h3-8H,14H2,1-2H3. The highest BCUT2D eigenvalue weighted by atomic mass is 31.0. The Morgan fingerprint density at radius 2 is 1.50 bits per heavy atom. The van der Waals surface area contributed by atoms with Gasteiger partial charge >= 0.3 is 0 Å². The van der Waals surface area contributed by atoms with Crippen molar-refractivity contribution >= 4 is 14.5 Å². The minimum Gasteiger partial charge on any atom is -0.323 e. The van der Waals surface area contributed by atoms with Crippen LogP contribution in [0.25, 0.3) is 5.69 Å². The molecule has 0 aliphatic rings. The second-order valence-electron chi connectivity index (χ2n) is 3.59. The Kier molecular flexibility index (Phi) is 2.43. The second-order valence-corrected chi connectivity index (χ2v) is 4.26. The Labute approximate surface area is 87.0 Å². The largest absolute Gasteiger partial charge is 0.323 e. The summed E-state index contributed by atoms with van der Waals surface area (Å²) in [4.78, 5) is 0. The van der Waals surface area contributed by atoms with E-state index in [1.807, 2.05) is 12.1 Å². The fourth-order valence-corrected chi connectivity index (χ4v) is 2.38. The molecule has 72 valence electrons. The molecule has 0 amide bonds. The van der Waals surface area contributed by atoms with E-state index in [1.54, 1.807) is 0 Å². The lowest BCUT2D eigenvalue weighted by atomic mass is 10.1. The summed E-state index contributed by atoms with van der Waals surface area (Å²) in [7, 11) is 2.74. The van der Waals surface area contributed by atoms with Crippen molar-refractivity contribution in [2.24, 2.45) is 0 Å². The third kappa shape index (κ3) is 1.60. The summed E-state index contributed by atoms with van der Waals surface area (Å²) < 4.78 is 2.16. The molecular formula is C12H14NP. The molecule has 0 bridgehead atoms. The van der Waals surface area contributed by atoms with Crippen LogP contribution in [0, 0.1) is 13.8 Å². The van der Waals surface area contributed by atoms with Crippen molar-refractivity contribution in [3.8, 4) is 5.69 Å². The summed E-state index contributed by atoms with van der Waals surface area (Å²) in [5, 5.41) is 1.25. The normalized spacial score (nSPS) is 10.5. The molecule has 2 aromatic rings. The van der Waals surface area contributed by atoms with Crippen molar-refractivity contribution < 1.29 is 0 Å². The number of rotatable bonds is 1. The van der Waals surface area contributed by atoms with Gasteiger partial charge in [-0.15, -0.1) is 9.24 Å². The maximum Gasteiger partial charge on any atom is 0.0508 e. The lowest BCUT2D eigenvalue weighted by molar-refractivity contribution is 1.04. The lowest BCUT2D eigenvalue weighted by Gasteiger charge is -2.12. The molecule has 0 fully saturated rings. The zero-order valence-corrected chi connectivity index (χ0v) is 9.64. The number of aryl methyl sites for hydroxylation is 2. The number of nitrogens with zero attached hydrogens (tertiary/aromatic N) is 1. The average molecular weight is 203 g/mol. The molecular weight excluding hydrogens is 189 g/mol. The fraction of sp³-hybridized carbons (Fsp3) is 0.167. The highest BCUT2D eigenvalue weighted by Crippen LogP contribution is 2.18. The third-order valence-electron chi connectivity index (χ3n) is 2.38. The van der Waals surface area contributed by atoms with Gasteiger partial charge in [0.05, 0.1) is 5.69 Å². The first-order chi connectivity index (χ1) is 6.68. The molecule has 0 aliphatic carbocycles. The van der Waals surface area contributed by atoms with Crippen molar-refractivity contribution in [2.45, 2.75) is 13.8 Å². The molecule has 1 atom stereocenters. The first-order valence-corrected chi connectivity index (χ1v) is 5.26. The molecule has 1 heterocycles. The first-order valence-electron chi connectivity index (χ1n) is 4.68. The Morgan fingerprint density at radius 3 is 2.00 bits per heavy atom. The van der Waals surface area contributed by atoms with Gasteiger partial charge in [0.15, 0.2) is 0 Å². The third-order valence-corrected chi connectivity index (χ3v) is 2.71. The highest BCUT2D eigenvalue weighted by molar-refractivity contribution is 7.27. The quantitative estimate of drug-likeness (QED) is 0.628. The van der Waals surface area contributed by atoms with Gasteiger partial charge in [-0.1, -0.05) is 12.1 Å². The maximum atomic E-state index is 2.74. The summed E-state index contributed by atoms with van der Waals surface area (Å²) in [6.45, 7) is 4.30. The van der Waals surface area contributed by atoms with Crippen molar-refractivity contribution in [1.82, 2.24) is 4.57 Å². The van der Waals surface area contributed by atoms with Crippen molar-refractivity contribution in [2.75, 3.05) is 0 Å². The number of hydrogen-bond donors (Lipinski definition) is 0. The molecule has 0 radical (unpaired) electrons. The Bertz CT molecular complexity index is 420. The van der Waals surface area contributed by atoms with Gasteiger partial charge in [-0.3, -0.25) is 0 Å². The van der Waals surface area contributed by atoms with E-state index in [0.29, 0.717) is 0 Å². The molecule has 2 rings (SSSR count).